The lowest BCUT2D eigenvalue weighted by Crippen LogP contribution is -2.49. The molecule has 184 valence electrons. The third-order valence-electron chi connectivity index (χ3n) is 6.33. The van der Waals surface area contributed by atoms with E-state index in [2.05, 4.69) is 27.4 Å². The first-order valence-corrected chi connectivity index (χ1v) is 12.2. The number of aryl methyl sites for hydroxylation is 1. The molecule has 0 aliphatic carbocycles. The number of piperazine rings is 1. The first-order valence-electron chi connectivity index (χ1n) is 12.2. The molecule has 1 aliphatic heterocycles. The van der Waals surface area contributed by atoms with Crippen LogP contribution in [0.3, 0.4) is 0 Å². The predicted molar refractivity (Wildman–Crippen MR) is 138 cm³/mol. The number of nitrogens with zero attached hydrogens (tertiary/aromatic N) is 4. The number of rotatable bonds is 7. The summed E-state index contributed by atoms with van der Waals surface area (Å²) in [6.45, 7) is 5.05. The summed E-state index contributed by atoms with van der Waals surface area (Å²) in [5.41, 5.74) is 2.88. The van der Waals surface area contributed by atoms with Crippen molar-refractivity contribution in [3.8, 4) is 17.1 Å². The number of nitrogens with one attached hydrogen (secondary N) is 1. The molecule has 0 saturated carbocycles. The minimum absolute atomic E-state index is 0.0462. The van der Waals surface area contributed by atoms with E-state index in [1.807, 2.05) is 72.5 Å². The van der Waals surface area contributed by atoms with Gasteiger partial charge < -0.3 is 19.5 Å². The van der Waals surface area contributed by atoms with Gasteiger partial charge >= 0.3 is 0 Å². The lowest BCUT2D eigenvalue weighted by molar-refractivity contribution is -0.131. The molecule has 5 rings (SSSR count). The van der Waals surface area contributed by atoms with Gasteiger partial charge in [-0.05, 0) is 43.3 Å². The average Bonchev–Trinajstić information content (AvgIpc) is 3.56. The zero-order chi connectivity index (χ0) is 24.9. The van der Waals surface area contributed by atoms with E-state index in [9.17, 15) is 9.59 Å². The first-order chi connectivity index (χ1) is 17.6. The molecule has 36 heavy (non-hydrogen) atoms. The predicted octanol–water partition coefficient (Wildman–Crippen LogP) is 3.91. The van der Waals surface area contributed by atoms with Gasteiger partial charge in [-0.3, -0.25) is 9.59 Å². The van der Waals surface area contributed by atoms with Crippen LogP contribution in [0, 0.1) is 6.92 Å². The van der Waals surface area contributed by atoms with Crippen LogP contribution >= 0.6 is 0 Å². The van der Waals surface area contributed by atoms with Gasteiger partial charge in [0.1, 0.15) is 11.5 Å². The van der Waals surface area contributed by atoms with E-state index in [-0.39, 0.29) is 24.8 Å². The van der Waals surface area contributed by atoms with E-state index in [1.54, 1.807) is 10.9 Å². The maximum absolute atomic E-state index is 13.1. The number of benzene rings is 2. The largest absolute Gasteiger partial charge is 0.460 e. The van der Waals surface area contributed by atoms with Gasteiger partial charge in [0.25, 0.3) is 5.91 Å². The molecular weight excluding hydrogens is 454 g/mol. The molecule has 8 heteroatoms. The summed E-state index contributed by atoms with van der Waals surface area (Å²) in [4.78, 5) is 30.0. The van der Waals surface area contributed by atoms with Gasteiger partial charge in [-0.25, -0.2) is 4.68 Å². The maximum Gasteiger partial charge on any atom is 0.255 e. The van der Waals surface area contributed by atoms with E-state index < -0.39 is 0 Å². The highest BCUT2D eigenvalue weighted by molar-refractivity contribution is 5.99. The van der Waals surface area contributed by atoms with E-state index in [0.29, 0.717) is 30.1 Å². The summed E-state index contributed by atoms with van der Waals surface area (Å²) in [6, 6.07) is 23.5. The summed E-state index contributed by atoms with van der Waals surface area (Å²) in [6.07, 6.45) is 1.95. The third kappa shape index (κ3) is 5.17. The molecule has 2 amide bonds. The van der Waals surface area contributed by atoms with Crippen LogP contribution in [-0.4, -0.2) is 59.2 Å². The summed E-state index contributed by atoms with van der Waals surface area (Å²) >= 11 is 0. The molecule has 0 unspecified atom stereocenters. The summed E-state index contributed by atoms with van der Waals surface area (Å²) in [7, 11) is 0. The van der Waals surface area contributed by atoms with Crippen LogP contribution in [0.1, 0.15) is 22.5 Å². The smallest absolute Gasteiger partial charge is 0.255 e. The average molecular weight is 484 g/mol. The van der Waals surface area contributed by atoms with Gasteiger partial charge in [-0.1, -0.05) is 36.4 Å². The zero-order valence-corrected chi connectivity index (χ0v) is 20.3. The molecule has 0 spiro atoms. The standard InChI is InChI=1S/C28H29N5O3/c1-21-12-13-25(36-21)27-24(20-33(30-27)23-10-6-3-7-11-23)28(35)29-15-14-26(34)32-18-16-31(17-19-32)22-8-4-2-5-9-22/h2-13,20H,14-19H2,1H3,(H,29,35). The number of aromatic nitrogens is 2. The molecule has 8 nitrogen and oxygen atoms in total. The Hall–Kier alpha value is -4.33. The molecule has 0 radical (unpaired) electrons. The number of hydrogen-bond donors (Lipinski definition) is 1. The molecule has 2 aromatic heterocycles. The minimum Gasteiger partial charge on any atom is -0.460 e. The van der Waals surface area contributed by atoms with Crippen LogP contribution in [0.15, 0.2) is 83.4 Å². The number of hydrogen-bond acceptors (Lipinski definition) is 5. The summed E-state index contributed by atoms with van der Waals surface area (Å²) in [5.74, 6) is 1.02. The monoisotopic (exact) mass is 483 g/mol. The van der Waals surface area contributed by atoms with Crippen LogP contribution in [0.5, 0.6) is 0 Å². The maximum atomic E-state index is 13.1. The summed E-state index contributed by atoms with van der Waals surface area (Å²) < 4.78 is 7.42. The van der Waals surface area contributed by atoms with E-state index in [1.165, 1.54) is 5.69 Å². The van der Waals surface area contributed by atoms with Gasteiger partial charge in [0.15, 0.2) is 5.76 Å². The van der Waals surface area contributed by atoms with Crippen molar-refractivity contribution in [3.63, 3.8) is 0 Å². The second-order valence-corrected chi connectivity index (χ2v) is 8.79. The highest BCUT2D eigenvalue weighted by Gasteiger charge is 2.23. The molecule has 1 aliphatic rings. The number of anilines is 1. The van der Waals surface area contributed by atoms with Crippen LogP contribution < -0.4 is 10.2 Å². The normalized spacial score (nSPS) is 13.6. The van der Waals surface area contributed by atoms with Gasteiger partial charge in [-0.15, -0.1) is 0 Å². The van der Waals surface area contributed by atoms with Crippen molar-refractivity contribution in [1.29, 1.82) is 0 Å². The van der Waals surface area contributed by atoms with Crippen molar-refractivity contribution in [3.05, 3.63) is 90.3 Å². The molecule has 1 N–H and O–H groups in total. The van der Waals surface area contributed by atoms with Crippen LogP contribution in [0.25, 0.3) is 17.1 Å². The molecule has 1 fully saturated rings. The molecule has 0 atom stereocenters. The molecule has 0 bridgehead atoms. The summed E-state index contributed by atoms with van der Waals surface area (Å²) in [5, 5.41) is 7.51. The van der Waals surface area contributed by atoms with E-state index >= 15 is 0 Å². The Morgan fingerprint density at radius 3 is 2.19 bits per heavy atom. The second kappa shape index (κ2) is 10.5. The van der Waals surface area contributed by atoms with Crippen molar-refractivity contribution in [2.45, 2.75) is 13.3 Å². The fraction of sp³-hybridized carbons (Fsp3) is 0.250. The fourth-order valence-electron chi connectivity index (χ4n) is 4.39. The minimum atomic E-state index is -0.289. The number of furan rings is 1. The number of carbonyl (C=O) groups is 2. The molecule has 1 saturated heterocycles. The molecule has 4 aromatic rings. The lowest BCUT2D eigenvalue weighted by atomic mass is 10.2. The highest BCUT2D eigenvalue weighted by atomic mass is 16.3. The topological polar surface area (TPSA) is 83.6 Å². The third-order valence-corrected chi connectivity index (χ3v) is 6.33. The Morgan fingerprint density at radius 2 is 1.56 bits per heavy atom. The van der Waals surface area contributed by atoms with Crippen LogP contribution in [-0.2, 0) is 4.79 Å². The van der Waals surface area contributed by atoms with Crippen molar-refractivity contribution < 1.29 is 14.0 Å². The Kier molecular flexibility index (Phi) is 6.84. The molecule has 3 heterocycles. The second-order valence-electron chi connectivity index (χ2n) is 8.79. The van der Waals surface area contributed by atoms with Gasteiger partial charge in [0.05, 0.1) is 11.3 Å². The van der Waals surface area contributed by atoms with Crippen LogP contribution in [0.4, 0.5) is 5.69 Å². The number of para-hydroxylation sites is 2. The van der Waals surface area contributed by atoms with Crippen molar-refractivity contribution in [2.24, 2.45) is 0 Å². The van der Waals surface area contributed by atoms with Gasteiger partial charge in [-0.2, -0.15) is 5.10 Å². The Bertz CT molecular complexity index is 1320. The van der Waals surface area contributed by atoms with Crippen molar-refractivity contribution >= 4 is 17.5 Å². The molecular formula is C28H29N5O3. The Morgan fingerprint density at radius 1 is 0.889 bits per heavy atom. The SMILES string of the molecule is Cc1ccc(-c2nn(-c3ccccc3)cc2C(=O)NCCC(=O)N2CCN(c3ccccc3)CC2)o1. The zero-order valence-electron chi connectivity index (χ0n) is 20.3. The van der Waals surface area contributed by atoms with Crippen molar-refractivity contribution in [1.82, 2.24) is 20.0 Å². The fourth-order valence-corrected chi connectivity index (χ4v) is 4.39. The van der Waals surface area contributed by atoms with Crippen LogP contribution in [0.2, 0.25) is 0 Å². The van der Waals surface area contributed by atoms with Gasteiger partial charge in [0, 0.05) is 51.0 Å². The van der Waals surface area contributed by atoms with Gasteiger partial charge in [0.2, 0.25) is 5.91 Å². The Balaban J connectivity index is 1.20. The van der Waals surface area contributed by atoms with Crippen molar-refractivity contribution in [2.75, 3.05) is 37.6 Å². The Labute approximate surface area is 210 Å². The van der Waals surface area contributed by atoms with E-state index in [0.717, 1.165) is 24.5 Å². The number of amides is 2. The first kappa shape index (κ1) is 23.4. The lowest BCUT2D eigenvalue weighted by Gasteiger charge is -2.36. The molecule has 2 aromatic carbocycles. The highest BCUT2D eigenvalue weighted by Crippen LogP contribution is 2.26. The quantitative estimate of drug-likeness (QED) is 0.431. The van der Waals surface area contributed by atoms with E-state index in [4.69, 9.17) is 4.42 Å². The number of carbonyl (C=O) groups excluding carboxylic acids is 2.